The third-order valence-corrected chi connectivity index (χ3v) is 4.57. The number of hydrogen-bond acceptors (Lipinski definition) is 5. The van der Waals surface area contributed by atoms with E-state index < -0.39 is 0 Å². The van der Waals surface area contributed by atoms with Crippen LogP contribution in [0, 0.1) is 5.92 Å². The summed E-state index contributed by atoms with van der Waals surface area (Å²) in [6, 6.07) is 1.66. The van der Waals surface area contributed by atoms with Crippen LogP contribution in [0.15, 0.2) is 23.0 Å². The van der Waals surface area contributed by atoms with E-state index in [9.17, 15) is 9.59 Å². The Balaban J connectivity index is 1.41. The fourth-order valence-electron chi connectivity index (χ4n) is 3.12. The van der Waals surface area contributed by atoms with E-state index in [2.05, 4.69) is 0 Å². The Morgan fingerprint density at radius 2 is 2.04 bits per heavy atom. The lowest BCUT2D eigenvalue weighted by Crippen LogP contribution is -2.41. The molecule has 3 rings (SSSR count). The lowest BCUT2D eigenvalue weighted by Gasteiger charge is -2.31. The zero-order valence-electron chi connectivity index (χ0n) is 13.2. The Kier molecular flexibility index (Phi) is 5.33. The van der Waals surface area contributed by atoms with Gasteiger partial charge in [-0.1, -0.05) is 0 Å². The first-order valence-electron chi connectivity index (χ1n) is 8.34. The molecule has 0 bridgehead atoms. The molecule has 0 aliphatic carbocycles. The maximum atomic E-state index is 12.2. The van der Waals surface area contributed by atoms with Crippen molar-refractivity contribution in [3.63, 3.8) is 0 Å². The Morgan fingerprint density at radius 1 is 1.22 bits per heavy atom. The largest absolute Gasteiger partial charge is 0.472 e. The van der Waals surface area contributed by atoms with Crippen molar-refractivity contribution in [2.75, 3.05) is 26.3 Å². The van der Waals surface area contributed by atoms with Crippen molar-refractivity contribution < 1.29 is 23.5 Å². The van der Waals surface area contributed by atoms with Gasteiger partial charge in [0.05, 0.1) is 23.8 Å². The third-order valence-electron chi connectivity index (χ3n) is 4.57. The average Bonchev–Trinajstić information content (AvgIpc) is 3.15. The first-order valence-corrected chi connectivity index (χ1v) is 8.34. The van der Waals surface area contributed by atoms with Crippen molar-refractivity contribution in [2.24, 2.45) is 5.92 Å². The van der Waals surface area contributed by atoms with Crippen molar-refractivity contribution in [3.8, 4) is 0 Å². The van der Waals surface area contributed by atoms with Gasteiger partial charge < -0.3 is 18.8 Å². The molecule has 2 saturated heterocycles. The molecule has 2 aliphatic heterocycles. The summed E-state index contributed by atoms with van der Waals surface area (Å²) in [4.78, 5) is 26.1. The van der Waals surface area contributed by atoms with E-state index in [1.807, 2.05) is 0 Å². The van der Waals surface area contributed by atoms with Gasteiger partial charge in [0.25, 0.3) is 5.91 Å². The zero-order valence-corrected chi connectivity index (χ0v) is 13.2. The van der Waals surface area contributed by atoms with Crippen molar-refractivity contribution >= 4 is 11.9 Å². The molecule has 0 N–H and O–H groups in total. The SMILES string of the molecule is O=C(OCC1CCCCO1)C1CCN(C(=O)c2ccoc2)CC1. The number of amides is 1. The average molecular weight is 321 g/mol. The fraction of sp³-hybridized carbons (Fsp3) is 0.647. The maximum absolute atomic E-state index is 12.2. The third kappa shape index (κ3) is 4.13. The lowest BCUT2D eigenvalue weighted by molar-refractivity contribution is -0.155. The van der Waals surface area contributed by atoms with Crippen LogP contribution in [0.5, 0.6) is 0 Å². The summed E-state index contributed by atoms with van der Waals surface area (Å²) in [7, 11) is 0. The highest BCUT2D eigenvalue weighted by molar-refractivity contribution is 5.94. The van der Waals surface area contributed by atoms with Crippen molar-refractivity contribution in [3.05, 3.63) is 24.2 Å². The van der Waals surface area contributed by atoms with Gasteiger partial charge in [-0.2, -0.15) is 0 Å². The van der Waals surface area contributed by atoms with E-state index in [1.54, 1.807) is 11.0 Å². The van der Waals surface area contributed by atoms with Gasteiger partial charge in [0.1, 0.15) is 12.9 Å². The van der Waals surface area contributed by atoms with Crippen molar-refractivity contribution in [2.45, 2.75) is 38.2 Å². The molecule has 0 saturated carbocycles. The molecule has 1 amide bonds. The fourth-order valence-corrected chi connectivity index (χ4v) is 3.12. The monoisotopic (exact) mass is 321 g/mol. The first-order chi connectivity index (χ1) is 11.2. The van der Waals surface area contributed by atoms with Gasteiger partial charge in [0.2, 0.25) is 0 Å². The molecular weight excluding hydrogens is 298 g/mol. The molecule has 1 unspecified atom stereocenters. The topological polar surface area (TPSA) is 69.0 Å². The zero-order chi connectivity index (χ0) is 16.1. The number of hydrogen-bond donors (Lipinski definition) is 0. The van der Waals surface area contributed by atoms with Crippen molar-refractivity contribution in [1.29, 1.82) is 0 Å². The van der Waals surface area contributed by atoms with Gasteiger partial charge in [-0.15, -0.1) is 0 Å². The molecular formula is C17H23NO5. The summed E-state index contributed by atoms with van der Waals surface area (Å²) in [6.07, 6.45) is 7.48. The van der Waals surface area contributed by atoms with E-state index in [4.69, 9.17) is 13.9 Å². The predicted molar refractivity (Wildman–Crippen MR) is 81.9 cm³/mol. The van der Waals surface area contributed by atoms with E-state index in [0.717, 1.165) is 25.9 Å². The number of carbonyl (C=O) groups is 2. The normalized spacial score (nSPS) is 22.8. The quantitative estimate of drug-likeness (QED) is 0.796. The molecule has 1 aromatic rings. The number of piperidine rings is 1. The van der Waals surface area contributed by atoms with Crippen LogP contribution in [0.4, 0.5) is 0 Å². The summed E-state index contributed by atoms with van der Waals surface area (Å²) >= 11 is 0. The number of nitrogens with zero attached hydrogens (tertiary/aromatic N) is 1. The summed E-state index contributed by atoms with van der Waals surface area (Å²) in [5.74, 6) is -0.317. The molecule has 0 spiro atoms. The summed E-state index contributed by atoms with van der Waals surface area (Å²) in [5, 5.41) is 0. The lowest BCUT2D eigenvalue weighted by atomic mass is 9.96. The van der Waals surface area contributed by atoms with Crippen LogP contribution in [0.25, 0.3) is 0 Å². The second kappa shape index (κ2) is 7.64. The van der Waals surface area contributed by atoms with Crippen molar-refractivity contribution in [1.82, 2.24) is 4.90 Å². The highest BCUT2D eigenvalue weighted by atomic mass is 16.6. The van der Waals surface area contributed by atoms with Gasteiger partial charge in [-0.25, -0.2) is 0 Å². The standard InChI is InChI=1S/C17H23NO5/c19-16(14-6-10-21-11-14)18-7-4-13(5-8-18)17(20)23-12-15-3-1-2-9-22-15/h6,10-11,13,15H,1-5,7-9,12H2. The van der Waals surface area contributed by atoms with Gasteiger partial charge in [0, 0.05) is 19.7 Å². The summed E-state index contributed by atoms with van der Waals surface area (Å²) < 4.78 is 15.9. The Hall–Kier alpha value is -1.82. The van der Waals surface area contributed by atoms with E-state index in [-0.39, 0.29) is 23.9 Å². The summed E-state index contributed by atoms with van der Waals surface area (Å²) in [6.45, 7) is 2.26. The van der Waals surface area contributed by atoms with Crippen LogP contribution in [0.1, 0.15) is 42.5 Å². The number of carbonyl (C=O) groups excluding carboxylic acids is 2. The predicted octanol–water partition coefficient (Wildman–Crippen LogP) is 2.24. The van der Waals surface area contributed by atoms with Crippen LogP contribution < -0.4 is 0 Å². The van der Waals surface area contributed by atoms with E-state index >= 15 is 0 Å². The molecule has 6 heteroatoms. The molecule has 23 heavy (non-hydrogen) atoms. The second-order valence-electron chi connectivity index (χ2n) is 6.20. The minimum atomic E-state index is -0.158. The Labute approximate surface area is 135 Å². The van der Waals surface area contributed by atoms with Crippen LogP contribution >= 0.6 is 0 Å². The van der Waals surface area contributed by atoms with Crippen LogP contribution in [0.2, 0.25) is 0 Å². The molecule has 126 valence electrons. The number of likely N-dealkylation sites (tertiary alicyclic amines) is 1. The number of ether oxygens (including phenoxy) is 2. The van der Waals surface area contributed by atoms with Gasteiger partial charge in [-0.05, 0) is 38.2 Å². The number of rotatable bonds is 4. The van der Waals surface area contributed by atoms with Crippen LogP contribution in [-0.2, 0) is 14.3 Å². The molecule has 0 radical (unpaired) electrons. The highest BCUT2D eigenvalue weighted by Crippen LogP contribution is 2.21. The molecule has 0 aromatic carbocycles. The second-order valence-corrected chi connectivity index (χ2v) is 6.20. The minimum absolute atomic E-state index is 0.0406. The van der Waals surface area contributed by atoms with Gasteiger partial charge in [-0.3, -0.25) is 9.59 Å². The Morgan fingerprint density at radius 3 is 2.70 bits per heavy atom. The van der Waals surface area contributed by atoms with Gasteiger partial charge in [0.15, 0.2) is 0 Å². The van der Waals surface area contributed by atoms with E-state index in [0.29, 0.717) is 38.1 Å². The highest BCUT2D eigenvalue weighted by Gasteiger charge is 2.29. The molecule has 3 heterocycles. The molecule has 1 aromatic heterocycles. The minimum Gasteiger partial charge on any atom is -0.472 e. The smallest absolute Gasteiger partial charge is 0.309 e. The molecule has 6 nitrogen and oxygen atoms in total. The Bertz CT molecular complexity index is 513. The molecule has 2 aliphatic rings. The van der Waals surface area contributed by atoms with Crippen LogP contribution in [0.3, 0.4) is 0 Å². The molecule has 1 atom stereocenters. The van der Waals surface area contributed by atoms with Crippen LogP contribution in [-0.4, -0.2) is 49.2 Å². The number of esters is 1. The first kappa shape index (κ1) is 16.1. The number of furan rings is 1. The molecule has 2 fully saturated rings. The van der Waals surface area contributed by atoms with Gasteiger partial charge >= 0.3 is 5.97 Å². The summed E-state index contributed by atoms with van der Waals surface area (Å²) in [5.41, 5.74) is 0.556. The maximum Gasteiger partial charge on any atom is 0.309 e. The van der Waals surface area contributed by atoms with E-state index in [1.165, 1.54) is 12.5 Å².